The summed E-state index contributed by atoms with van der Waals surface area (Å²) in [7, 11) is 0. The molecule has 1 amide bonds. The van der Waals surface area contributed by atoms with Gasteiger partial charge in [0.05, 0.1) is 18.3 Å². The largest absolute Gasteiger partial charge is 0.444 e. The molecule has 0 saturated carbocycles. The SMILES string of the molecule is CC(C)(C)OC(=O)N1CC(F)(F)C[C@H]1c1nc2c([nH]1)CCc1cc(Br)ccc1-2. The Kier molecular flexibility index (Phi) is 4.52. The molecule has 0 spiro atoms. The second-order valence-electron chi connectivity index (χ2n) is 8.43. The number of alkyl halides is 2. The summed E-state index contributed by atoms with van der Waals surface area (Å²) in [6, 6.07) is 5.15. The van der Waals surface area contributed by atoms with Gasteiger partial charge in [-0.1, -0.05) is 22.0 Å². The maximum absolute atomic E-state index is 14.2. The number of aryl methyl sites for hydroxylation is 2. The first kappa shape index (κ1) is 19.4. The number of halogens is 3. The highest BCUT2D eigenvalue weighted by Crippen LogP contribution is 2.43. The molecule has 8 heteroatoms. The summed E-state index contributed by atoms with van der Waals surface area (Å²) >= 11 is 3.48. The molecule has 0 radical (unpaired) electrons. The second kappa shape index (κ2) is 6.54. The van der Waals surface area contributed by atoms with Gasteiger partial charge in [0.2, 0.25) is 0 Å². The molecule has 1 aromatic carbocycles. The Morgan fingerprint density at radius 3 is 2.82 bits per heavy atom. The lowest BCUT2D eigenvalue weighted by molar-refractivity contribution is -0.00248. The summed E-state index contributed by atoms with van der Waals surface area (Å²) in [5.41, 5.74) is 3.11. The maximum Gasteiger partial charge on any atom is 0.411 e. The van der Waals surface area contributed by atoms with Gasteiger partial charge >= 0.3 is 6.09 Å². The van der Waals surface area contributed by atoms with Crippen LogP contribution in [0.1, 0.15) is 50.3 Å². The summed E-state index contributed by atoms with van der Waals surface area (Å²) in [4.78, 5) is 21.5. The van der Waals surface area contributed by atoms with Crippen molar-refractivity contribution in [2.24, 2.45) is 0 Å². The number of fused-ring (bicyclic) bond motifs is 3. The van der Waals surface area contributed by atoms with Crippen LogP contribution in [0.2, 0.25) is 0 Å². The van der Waals surface area contributed by atoms with Gasteiger partial charge in [-0.3, -0.25) is 4.90 Å². The van der Waals surface area contributed by atoms with E-state index in [9.17, 15) is 13.6 Å². The van der Waals surface area contributed by atoms with Gasteiger partial charge in [0.1, 0.15) is 11.4 Å². The molecule has 1 N–H and O–H groups in total. The standard InChI is InChI=1S/C20H22BrF2N3O2/c1-19(2,3)28-18(27)26-10-20(22,23)9-15(26)17-24-14-7-4-11-8-12(21)5-6-13(11)16(14)25-17/h5-6,8,15H,4,7,9-10H2,1-3H3,(H,24,25)/t15-/m0/s1. The predicted molar refractivity (Wildman–Crippen MR) is 104 cm³/mol. The van der Waals surface area contributed by atoms with Crippen molar-refractivity contribution in [1.29, 1.82) is 0 Å². The van der Waals surface area contributed by atoms with Crippen LogP contribution >= 0.6 is 15.9 Å². The van der Waals surface area contributed by atoms with Gasteiger partial charge in [-0.2, -0.15) is 0 Å². The Labute approximate surface area is 170 Å². The van der Waals surface area contributed by atoms with Crippen LogP contribution in [0.15, 0.2) is 22.7 Å². The van der Waals surface area contributed by atoms with E-state index in [1.54, 1.807) is 20.8 Å². The quantitative estimate of drug-likeness (QED) is 0.640. The Morgan fingerprint density at radius 1 is 1.36 bits per heavy atom. The lowest BCUT2D eigenvalue weighted by Crippen LogP contribution is -2.38. The number of hydrogen-bond acceptors (Lipinski definition) is 3. The van der Waals surface area contributed by atoms with Crippen LogP contribution in [0.3, 0.4) is 0 Å². The summed E-state index contributed by atoms with van der Waals surface area (Å²) in [5.74, 6) is -2.58. The third-order valence-corrected chi connectivity index (χ3v) is 5.47. The number of aromatic amines is 1. The number of carbonyl (C=O) groups excluding carboxylic acids is 1. The number of aromatic nitrogens is 2. The number of carbonyl (C=O) groups is 1. The number of rotatable bonds is 1. The van der Waals surface area contributed by atoms with Gasteiger partial charge in [0, 0.05) is 22.2 Å². The van der Waals surface area contributed by atoms with E-state index < -0.39 is 36.6 Å². The van der Waals surface area contributed by atoms with E-state index in [1.165, 1.54) is 5.56 Å². The molecule has 1 fully saturated rings. The van der Waals surface area contributed by atoms with Crippen LogP contribution in [-0.4, -0.2) is 39.0 Å². The van der Waals surface area contributed by atoms with E-state index >= 15 is 0 Å². The second-order valence-corrected chi connectivity index (χ2v) is 9.35. The van der Waals surface area contributed by atoms with Crippen molar-refractivity contribution in [2.75, 3.05) is 6.54 Å². The molecule has 28 heavy (non-hydrogen) atoms. The minimum Gasteiger partial charge on any atom is -0.444 e. The number of nitrogens with one attached hydrogen (secondary N) is 1. The molecule has 4 rings (SSSR count). The molecule has 2 aromatic rings. The lowest BCUT2D eigenvalue weighted by Gasteiger charge is -2.27. The van der Waals surface area contributed by atoms with Crippen LogP contribution in [0.5, 0.6) is 0 Å². The molecular weight excluding hydrogens is 432 g/mol. The number of amides is 1. The Bertz CT molecular complexity index is 936. The van der Waals surface area contributed by atoms with E-state index in [1.807, 2.05) is 12.1 Å². The van der Waals surface area contributed by atoms with Crippen LogP contribution < -0.4 is 0 Å². The van der Waals surface area contributed by atoms with E-state index in [2.05, 4.69) is 32.0 Å². The molecule has 2 heterocycles. The van der Waals surface area contributed by atoms with Crippen molar-refractivity contribution >= 4 is 22.0 Å². The van der Waals surface area contributed by atoms with Crippen LogP contribution in [0.4, 0.5) is 13.6 Å². The van der Waals surface area contributed by atoms with Crippen LogP contribution in [0, 0.1) is 0 Å². The van der Waals surface area contributed by atoms with Crippen molar-refractivity contribution in [3.8, 4) is 11.3 Å². The van der Waals surface area contributed by atoms with E-state index in [-0.39, 0.29) is 0 Å². The van der Waals surface area contributed by atoms with Crippen molar-refractivity contribution in [2.45, 2.75) is 57.6 Å². The zero-order valence-electron chi connectivity index (χ0n) is 16.0. The van der Waals surface area contributed by atoms with Gasteiger partial charge in [0.25, 0.3) is 5.92 Å². The highest BCUT2D eigenvalue weighted by molar-refractivity contribution is 9.10. The summed E-state index contributed by atoms with van der Waals surface area (Å²) in [5, 5.41) is 0. The zero-order valence-corrected chi connectivity index (χ0v) is 17.6. The van der Waals surface area contributed by atoms with Gasteiger partial charge in [0.15, 0.2) is 0 Å². The smallest absolute Gasteiger partial charge is 0.411 e. The molecule has 0 bridgehead atoms. The first-order valence-electron chi connectivity index (χ1n) is 9.27. The van der Waals surface area contributed by atoms with Crippen molar-refractivity contribution < 1.29 is 18.3 Å². The molecule has 5 nitrogen and oxygen atoms in total. The van der Waals surface area contributed by atoms with E-state index in [0.717, 1.165) is 39.2 Å². The molecule has 1 aliphatic heterocycles. The highest BCUT2D eigenvalue weighted by Gasteiger charge is 2.50. The van der Waals surface area contributed by atoms with Gasteiger partial charge in [-0.15, -0.1) is 0 Å². The molecule has 1 atom stereocenters. The fourth-order valence-corrected chi connectivity index (χ4v) is 4.23. The Balaban J connectivity index is 1.68. The first-order valence-corrected chi connectivity index (χ1v) is 10.1. The van der Waals surface area contributed by atoms with E-state index in [0.29, 0.717) is 5.82 Å². The first-order chi connectivity index (χ1) is 13.0. The molecular formula is C20H22BrF2N3O2. The summed E-state index contributed by atoms with van der Waals surface area (Å²) in [6.45, 7) is 4.49. The third kappa shape index (κ3) is 3.66. The van der Waals surface area contributed by atoms with Crippen LogP contribution in [-0.2, 0) is 17.6 Å². The molecule has 0 unspecified atom stereocenters. The average Bonchev–Trinajstić information content (AvgIpc) is 3.13. The minimum absolute atomic E-state index is 0.392. The van der Waals surface area contributed by atoms with Crippen molar-refractivity contribution in [3.63, 3.8) is 0 Å². The number of benzene rings is 1. The van der Waals surface area contributed by atoms with Crippen molar-refractivity contribution in [1.82, 2.24) is 14.9 Å². The molecule has 150 valence electrons. The summed E-state index contributed by atoms with van der Waals surface area (Å²) < 4.78 is 34.7. The summed E-state index contributed by atoms with van der Waals surface area (Å²) in [6.07, 6.45) is 0.390. The monoisotopic (exact) mass is 453 g/mol. The Morgan fingerprint density at radius 2 is 2.11 bits per heavy atom. The zero-order chi connectivity index (χ0) is 20.3. The van der Waals surface area contributed by atoms with Gasteiger partial charge < -0.3 is 9.72 Å². The fourth-order valence-electron chi connectivity index (χ4n) is 3.82. The molecule has 1 aliphatic carbocycles. The molecule has 2 aliphatic rings. The number of H-pyrrole nitrogens is 1. The minimum atomic E-state index is -2.97. The normalized spacial score (nSPS) is 20.6. The van der Waals surface area contributed by atoms with Gasteiger partial charge in [-0.05, 0) is 51.3 Å². The molecule has 1 aromatic heterocycles. The van der Waals surface area contributed by atoms with Crippen molar-refractivity contribution in [3.05, 3.63) is 39.8 Å². The highest BCUT2D eigenvalue weighted by atomic mass is 79.9. The fraction of sp³-hybridized carbons (Fsp3) is 0.500. The topological polar surface area (TPSA) is 58.2 Å². The number of hydrogen-bond donors (Lipinski definition) is 1. The average molecular weight is 454 g/mol. The lowest BCUT2D eigenvalue weighted by atomic mass is 9.92. The predicted octanol–water partition coefficient (Wildman–Crippen LogP) is 5.26. The number of imidazole rings is 1. The maximum atomic E-state index is 14.2. The third-order valence-electron chi connectivity index (χ3n) is 4.98. The number of nitrogens with zero attached hydrogens (tertiary/aromatic N) is 2. The van der Waals surface area contributed by atoms with Crippen LogP contribution in [0.25, 0.3) is 11.3 Å². The number of likely N-dealkylation sites (tertiary alicyclic amines) is 1. The number of ether oxygens (including phenoxy) is 1. The van der Waals surface area contributed by atoms with Gasteiger partial charge in [-0.25, -0.2) is 18.6 Å². The van der Waals surface area contributed by atoms with E-state index in [4.69, 9.17) is 4.74 Å². The Hall–Kier alpha value is -1.96. The molecule has 1 saturated heterocycles.